The number of aromatic nitrogens is 2. The number of ether oxygens (including phenoxy) is 1. The first kappa shape index (κ1) is 26.9. The van der Waals surface area contributed by atoms with Crippen molar-refractivity contribution in [2.24, 2.45) is 0 Å². The highest BCUT2D eigenvalue weighted by Gasteiger charge is 2.23. The monoisotopic (exact) mass is 491 g/mol. The van der Waals surface area contributed by atoms with Crippen LogP contribution in [0.2, 0.25) is 0 Å². The lowest BCUT2D eigenvalue weighted by molar-refractivity contribution is -0.116. The van der Waals surface area contributed by atoms with Crippen LogP contribution < -0.4 is 10.6 Å². The van der Waals surface area contributed by atoms with Gasteiger partial charge in [0.1, 0.15) is 12.4 Å². The van der Waals surface area contributed by atoms with Crippen molar-refractivity contribution in [1.82, 2.24) is 14.7 Å². The standard InChI is InChI=1S/C28H37N5O3/c1-7-21-12-8-9-14-23(21)29-27(35)32(15-16-36-6)19-26(34)30-25-18-24(28(3,4)5)31-33(25)22-13-10-11-20(2)17-22/h8-14,17-18H,7,15-16,19H2,1-6H3,(H,29,35)(H,30,34). The van der Waals surface area contributed by atoms with Gasteiger partial charge in [-0.1, -0.05) is 58.0 Å². The molecule has 0 bridgehead atoms. The van der Waals surface area contributed by atoms with E-state index < -0.39 is 0 Å². The summed E-state index contributed by atoms with van der Waals surface area (Å²) in [5.74, 6) is 0.234. The molecule has 2 aromatic carbocycles. The van der Waals surface area contributed by atoms with Crippen molar-refractivity contribution >= 4 is 23.4 Å². The molecular weight excluding hydrogens is 454 g/mol. The Morgan fingerprint density at radius 2 is 1.81 bits per heavy atom. The van der Waals surface area contributed by atoms with E-state index in [0.29, 0.717) is 12.4 Å². The lowest BCUT2D eigenvalue weighted by atomic mass is 9.92. The van der Waals surface area contributed by atoms with Crippen LogP contribution in [-0.4, -0.2) is 53.4 Å². The third-order valence-electron chi connectivity index (χ3n) is 5.82. The molecule has 0 fully saturated rings. The van der Waals surface area contributed by atoms with Crippen LogP contribution in [-0.2, 0) is 21.4 Å². The molecule has 3 amide bonds. The molecule has 0 aliphatic rings. The molecule has 8 heteroatoms. The van der Waals surface area contributed by atoms with E-state index >= 15 is 0 Å². The molecule has 192 valence electrons. The number of benzene rings is 2. The maximum Gasteiger partial charge on any atom is 0.322 e. The maximum absolute atomic E-state index is 13.2. The summed E-state index contributed by atoms with van der Waals surface area (Å²) < 4.78 is 6.92. The van der Waals surface area contributed by atoms with Gasteiger partial charge in [0.2, 0.25) is 5.91 Å². The van der Waals surface area contributed by atoms with Gasteiger partial charge in [-0.2, -0.15) is 5.10 Å². The molecule has 0 aliphatic carbocycles. The SMILES string of the molecule is CCc1ccccc1NC(=O)N(CCOC)CC(=O)Nc1cc(C(C)(C)C)nn1-c1cccc(C)c1. The van der Waals surface area contributed by atoms with Gasteiger partial charge in [-0.15, -0.1) is 0 Å². The summed E-state index contributed by atoms with van der Waals surface area (Å²) >= 11 is 0. The molecule has 3 aromatic rings. The number of amides is 3. The number of aryl methyl sites for hydroxylation is 2. The Morgan fingerprint density at radius 3 is 2.47 bits per heavy atom. The topological polar surface area (TPSA) is 88.5 Å². The largest absolute Gasteiger partial charge is 0.383 e. The molecule has 2 N–H and O–H groups in total. The third kappa shape index (κ3) is 6.95. The van der Waals surface area contributed by atoms with Gasteiger partial charge in [-0.05, 0) is 42.7 Å². The van der Waals surface area contributed by atoms with E-state index in [2.05, 4.69) is 31.4 Å². The van der Waals surface area contributed by atoms with Crippen LogP contribution in [0.25, 0.3) is 5.69 Å². The van der Waals surface area contributed by atoms with Gasteiger partial charge in [0.05, 0.1) is 18.0 Å². The van der Waals surface area contributed by atoms with E-state index in [1.165, 1.54) is 4.90 Å². The Morgan fingerprint density at radius 1 is 1.06 bits per heavy atom. The summed E-state index contributed by atoms with van der Waals surface area (Å²) in [6, 6.07) is 17.1. The quantitative estimate of drug-likeness (QED) is 0.433. The van der Waals surface area contributed by atoms with Crippen LogP contribution in [0.5, 0.6) is 0 Å². The molecule has 0 unspecified atom stereocenters. The molecule has 36 heavy (non-hydrogen) atoms. The van der Waals surface area contributed by atoms with E-state index in [4.69, 9.17) is 9.84 Å². The Kier molecular flexibility index (Phi) is 8.88. The Balaban J connectivity index is 1.82. The number of carbonyl (C=O) groups is 2. The molecule has 0 spiro atoms. The van der Waals surface area contributed by atoms with Crippen molar-refractivity contribution in [1.29, 1.82) is 0 Å². The van der Waals surface area contributed by atoms with Crippen LogP contribution in [0.3, 0.4) is 0 Å². The number of rotatable bonds is 9. The van der Waals surface area contributed by atoms with Gasteiger partial charge < -0.3 is 20.3 Å². The van der Waals surface area contributed by atoms with Crippen molar-refractivity contribution in [3.05, 3.63) is 71.4 Å². The molecule has 0 atom stereocenters. The highest BCUT2D eigenvalue weighted by atomic mass is 16.5. The van der Waals surface area contributed by atoms with Gasteiger partial charge in [0.25, 0.3) is 0 Å². The Labute approximate surface area is 213 Å². The van der Waals surface area contributed by atoms with Crippen LogP contribution >= 0.6 is 0 Å². The zero-order chi connectivity index (χ0) is 26.3. The fourth-order valence-electron chi connectivity index (χ4n) is 3.75. The number of nitrogens with one attached hydrogen (secondary N) is 2. The van der Waals surface area contributed by atoms with Crippen LogP contribution in [0.4, 0.5) is 16.3 Å². The second-order valence-corrected chi connectivity index (χ2v) is 9.82. The van der Waals surface area contributed by atoms with E-state index in [-0.39, 0.29) is 30.4 Å². The Bertz CT molecular complexity index is 1200. The van der Waals surface area contributed by atoms with Crippen LogP contribution in [0.1, 0.15) is 44.5 Å². The molecule has 1 heterocycles. The number of nitrogens with zero attached hydrogens (tertiary/aromatic N) is 3. The van der Waals surface area contributed by atoms with Crippen LogP contribution in [0, 0.1) is 6.92 Å². The van der Waals surface area contributed by atoms with Crippen molar-refractivity contribution < 1.29 is 14.3 Å². The number of hydrogen-bond donors (Lipinski definition) is 2. The lowest BCUT2D eigenvalue weighted by Gasteiger charge is -2.23. The minimum atomic E-state index is -0.356. The van der Waals surface area contributed by atoms with Crippen molar-refractivity contribution in [3.8, 4) is 5.69 Å². The number of hydrogen-bond acceptors (Lipinski definition) is 4. The second-order valence-electron chi connectivity index (χ2n) is 9.82. The summed E-state index contributed by atoms with van der Waals surface area (Å²) in [6.07, 6.45) is 0.786. The fourth-order valence-corrected chi connectivity index (χ4v) is 3.75. The zero-order valence-electron chi connectivity index (χ0n) is 22.1. The highest BCUT2D eigenvalue weighted by Crippen LogP contribution is 2.26. The van der Waals surface area contributed by atoms with E-state index in [1.54, 1.807) is 11.8 Å². The van der Waals surface area contributed by atoms with Crippen LogP contribution in [0.15, 0.2) is 54.6 Å². The first-order valence-corrected chi connectivity index (χ1v) is 12.2. The summed E-state index contributed by atoms with van der Waals surface area (Å²) in [4.78, 5) is 27.7. The fraction of sp³-hybridized carbons (Fsp3) is 0.393. The summed E-state index contributed by atoms with van der Waals surface area (Å²) in [5.41, 5.74) is 4.35. The normalized spacial score (nSPS) is 11.3. The van der Waals surface area contributed by atoms with Gasteiger partial charge >= 0.3 is 6.03 Å². The molecule has 1 aromatic heterocycles. The molecule has 3 rings (SSSR count). The van der Waals surface area contributed by atoms with E-state index in [9.17, 15) is 9.59 Å². The zero-order valence-corrected chi connectivity index (χ0v) is 22.1. The molecular formula is C28H37N5O3. The number of anilines is 2. The first-order valence-electron chi connectivity index (χ1n) is 12.2. The maximum atomic E-state index is 13.2. The smallest absolute Gasteiger partial charge is 0.322 e. The number of methoxy groups -OCH3 is 1. The minimum Gasteiger partial charge on any atom is -0.383 e. The lowest BCUT2D eigenvalue weighted by Crippen LogP contribution is -2.42. The third-order valence-corrected chi connectivity index (χ3v) is 5.82. The highest BCUT2D eigenvalue weighted by molar-refractivity contribution is 5.97. The second kappa shape index (κ2) is 11.9. The van der Waals surface area contributed by atoms with Gasteiger partial charge in [0, 0.05) is 30.8 Å². The van der Waals surface area contributed by atoms with Gasteiger partial charge in [-0.3, -0.25) is 4.79 Å². The first-order chi connectivity index (χ1) is 17.1. The van der Waals surface area contributed by atoms with Crippen molar-refractivity contribution in [2.75, 3.05) is 37.4 Å². The van der Waals surface area contributed by atoms with Crippen molar-refractivity contribution in [2.45, 2.75) is 46.5 Å². The molecule has 8 nitrogen and oxygen atoms in total. The number of para-hydroxylation sites is 1. The van der Waals surface area contributed by atoms with E-state index in [1.807, 2.05) is 68.4 Å². The molecule has 0 saturated heterocycles. The summed E-state index contributed by atoms with van der Waals surface area (Å²) in [7, 11) is 1.57. The predicted octanol–water partition coefficient (Wildman–Crippen LogP) is 5.16. The number of carbonyl (C=O) groups excluding carboxylic acids is 2. The average molecular weight is 492 g/mol. The predicted molar refractivity (Wildman–Crippen MR) is 144 cm³/mol. The van der Waals surface area contributed by atoms with E-state index in [0.717, 1.165) is 34.6 Å². The minimum absolute atomic E-state index is 0.132. The van der Waals surface area contributed by atoms with Crippen molar-refractivity contribution in [3.63, 3.8) is 0 Å². The average Bonchev–Trinajstić information content (AvgIpc) is 3.26. The Hall–Kier alpha value is -3.65. The molecule has 0 saturated carbocycles. The van der Waals surface area contributed by atoms with Gasteiger partial charge in [0.15, 0.2) is 0 Å². The number of urea groups is 1. The summed E-state index contributed by atoms with van der Waals surface area (Å²) in [6.45, 7) is 10.7. The summed E-state index contributed by atoms with van der Waals surface area (Å²) in [5, 5.41) is 10.7. The molecule has 0 aliphatic heterocycles. The molecule has 0 radical (unpaired) electrons. The van der Waals surface area contributed by atoms with Gasteiger partial charge in [-0.25, -0.2) is 9.48 Å².